The quantitative estimate of drug-likeness (QED) is 0.278. The molecule has 2 amide bonds. The number of hydrogen-bond acceptors (Lipinski definition) is 8. The molecule has 12 nitrogen and oxygen atoms in total. The van der Waals surface area contributed by atoms with E-state index < -0.39 is 40.2 Å². The first-order valence-corrected chi connectivity index (χ1v) is 11.3. The van der Waals surface area contributed by atoms with E-state index in [9.17, 15) is 28.5 Å². The first kappa shape index (κ1) is 24.8. The number of rotatable bonds is 7. The largest absolute Gasteiger partial charge is 0.365 e. The van der Waals surface area contributed by atoms with E-state index >= 15 is 0 Å². The lowest BCUT2D eigenvalue weighted by Crippen LogP contribution is -2.18. The number of nitrogens with zero attached hydrogens (tertiary/aromatic N) is 6. The summed E-state index contributed by atoms with van der Waals surface area (Å²) in [6.07, 6.45) is -1.26. The van der Waals surface area contributed by atoms with Crippen LogP contribution in [0, 0.1) is 24.0 Å². The number of nitrogens with two attached hydrogens (primary N) is 1. The van der Waals surface area contributed by atoms with Crippen molar-refractivity contribution in [3.63, 3.8) is 0 Å². The zero-order chi connectivity index (χ0) is 26.5. The molecule has 0 saturated carbocycles. The van der Waals surface area contributed by atoms with Crippen LogP contribution in [-0.4, -0.2) is 41.3 Å². The molecule has 0 aromatic carbocycles. The average molecular weight is 519 g/mol. The Hall–Kier alpha value is -4.27. The third kappa shape index (κ3) is 4.06. The molecule has 36 heavy (non-hydrogen) atoms. The van der Waals surface area contributed by atoms with Gasteiger partial charge in [0.25, 0.3) is 18.2 Å². The standard InChI is InChI=1S/C21H20F2N8O4S/c1-5-30-7-11(8(2)27-30)10-6-12(18(22)23)25-21-13(10)14(17(36-21)19(24)32)26-20(33)15-16(31(34)35)9(3)29(4)28-15/h6-7,18H,5H2,1-4H3,(H2,24,32)(H,26,33). The number of alkyl halides is 2. The van der Waals surface area contributed by atoms with Gasteiger partial charge in [-0.15, -0.1) is 11.3 Å². The lowest BCUT2D eigenvalue weighted by Gasteiger charge is -2.10. The Bertz CT molecular complexity index is 1560. The van der Waals surface area contributed by atoms with E-state index in [1.54, 1.807) is 17.8 Å². The molecule has 0 unspecified atom stereocenters. The molecule has 0 fully saturated rings. The summed E-state index contributed by atoms with van der Waals surface area (Å²) in [5.41, 5.74) is 5.31. The van der Waals surface area contributed by atoms with Crippen molar-refractivity contribution in [2.45, 2.75) is 33.7 Å². The van der Waals surface area contributed by atoms with Crippen LogP contribution >= 0.6 is 11.3 Å². The number of halogens is 2. The minimum atomic E-state index is -2.91. The van der Waals surface area contributed by atoms with Crippen LogP contribution in [0.2, 0.25) is 0 Å². The van der Waals surface area contributed by atoms with E-state index in [4.69, 9.17) is 5.73 Å². The minimum Gasteiger partial charge on any atom is -0.365 e. The van der Waals surface area contributed by atoms with Crippen molar-refractivity contribution in [3.8, 4) is 11.1 Å². The van der Waals surface area contributed by atoms with Gasteiger partial charge in [0.1, 0.15) is 21.1 Å². The fraction of sp³-hybridized carbons (Fsp3) is 0.286. The van der Waals surface area contributed by atoms with E-state index in [1.807, 2.05) is 6.92 Å². The molecule has 0 bridgehead atoms. The molecule has 4 heterocycles. The van der Waals surface area contributed by atoms with Gasteiger partial charge in [0.15, 0.2) is 0 Å². The van der Waals surface area contributed by atoms with Crippen molar-refractivity contribution in [1.82, 2.24) is 24.5 Å². The number of anilines is 1. The average Bonchev–Trinajstić information content (AvgIpc) is 3.46. The molecule has 0 saturated heterocycles. The van der Waals surface area contributed by atoms with Gasteiger partial charge in [-0.05, 0) is 32.4 Å². The topological polar surface area (TPSA) is 164 Å². The lowest BCUT2D eigenvalue weighted by molar-refractivity contribution is -0.385. The molecule has 188 valence electrons. The summed E-state index contributed by atoms with van der Waals surface area (Å²) in [5, 5.41) is 22.5. The highest BCUT2D eigenvalue weighted by Crippen LogP contribution is 2.43. The van der Waals surface area contributed by atoms with Gasteiger partial charge in [-0.2, -0.15) is 10.2 Å². The number of amides is 2. The number of nitrogens with one attached hydrogen (secondary N) is 1. The monoisotopic (exact) mass is 518 g/mol. The molecule has 0 aliphatic heterocycles. The Morgan fingerprint density at radius 1 is 1.28 bits per heavy atom. The first-order chi connectivity index (χ1) is 16.9. The van der Waals surface area contributed by atoms with Crippen LogP contribution in [0.5, 0.6) is 0 Å². The zero-order valence-corrected chi connectivity index (χ0v) is 20.3. The molecule has 0 radical (unpaired) electrons. The number of primary amides is 1. The maximum atomic E-state index is 13.7. The number of carbonyl (C=O) groups is 2. The van der Waals surface area contributed by atoms with E-state index in [0.717, 1.165) is 17.4 Å². The second-order valence-corrected chi connectivity index (χ2v) is 8.85. The van der Waals surface area contributed by atoms with Crippen molar-refractivity contribution in [1.29, 1.82) is 0 Å². The number of fused-ring (bicyclic) bond motifs is 1. The summed E-state index contributed by atoms with van der Waals surface area (Å²) >= 11 is 0.726. The van der Waals surface area contributed by atoms with Gasteiger partial charge < -0.3 is 11.1 Å². The molecular formula is C21H20F2N8O4S. The molecule has 15 heteroatoms. The van der Waals surface area contributed by atoms with Crippen LogP contribution in [0.1, 0.15) is 50.6 Å². The van der Waals surface area contributed by atoms with Gasteiger partial charge in [-0.1, -0.05) is 0 Å². The van der Waals surface area contributed by atoms with Gasteiger partial charge in [0.05, 0.1) is 16.3 Å². The Morgan fingerprint density at radius 3 is 2.53 bits per heavy atom. The number of aromatic nitrogens is 5. The van der Waals surface area contributed by atoms with Crippen LogP contribution in [0.4, 0.5) is 20.2 Å². The maximum Gasteiger partial charge on any atom is 0.322 e. The molecule has 4 rings (SSSR count). The van der Waals surface area contributed by atoms with Gasteiger partial charge in [0, 0.05) is 30.7 Å². The summed E-state index contributed by atoms with van der Waals surface area (Å²) in [7, 11) is 1.44. The Labute approximate surface area is 205 Å². The number of hydrogen-bond donors (Lipinski definition) is 2. The van der Waals surface area contributed by atoms with Crippen LogP contribution in [-0.2, 0) is 13.6 Å². The Balaban J connectivity index is 1.99. The first-order valence-electron chi connectivity index (χ1n) is 10.5. The van der Waals surface area contributed by atoms with Crippen molar-refractivity contribution >= 4 is 44.7 Å². The summed E-state index contributed by atoms with van der Waals surface area (Å²) < 4.78 is 30.2. The van der Waals surface area contributed by atoms with E-state index in [0.29, 0.717) is 17.8 Å². The number of aryl methyl sites for hydroxylation is 3. The molecule has 0 atom stereocenters. The molecule has 0 aliphatic carbocycles. The predicted molar refractivity (Wildman–Crippen MR) is 127 cm³/mol. The van der Waals surface area contributed by atoms with Crippen molar-refractivity contribution in [3.05, 3.63) is 50.0 Å². The van der Waals surface area contributed by atoms with E-state index in [-0.39, 0.29) is 32.0 Å². The van der Waals surface area contributed by atoms with Crippen molar-refractivity contribution in [2.75, 3.05) is 5.32 Å². The zero-order valence-electron chi connectivity index (χ0n) is 19.5. The van der Waals surface area contributed by atoms with E-state index in [2.05, 4.69) is 20.5 Å². The van der Waals surface area contributed by atoms with Crippen LogP contribution in [0.3, 0.4) is 0 Å². The van der Waals surface area contributed by atoms with Gasteiger partial charge in [-0.3, -0.25) is 29.1 Å². The van der Waals surface area contributed by atoms with E-state index in [1.165, 1.54) is 18.7 Å². The molecule has 4 aromatic heterocycles. The van der Waals surface area contributed by atoms with Gasteiger partial charge in [0.2, 0.25) is 5.69 Å². The molecule has 0 aliphatic rings. The summed E-state index contributed by atoms with van der Waals surface area (Å²) in [6, 6.07) is 1.16. The second-order valence-electron chi connectivity index (χ2n) is 7.85. The molecule has 4 aromatic rings. The maximum absolute atomic E-state index is 13.7. The fourth-order valence-corrected chi connectivity index (χ4v) is 4.83. The highest BCUT2D eigenvalue weighted by atomic mass is 32.1. The molecular weight excluding hydrogens is 498 g/mol. The number of carbonyl (C=O) groups excluding carboxylic acids is 2. The van der Waals surface area contributed by atoms with Crippen LogP contribution in [0.15, 0.2) is 12.3 Å². The number of nitro groups is 1. The van der Waals surface area contributed by atoms with Gasteiger partial charge in [-0.25, -0.2) is 13.8 Å². The fourth-order valence-electron chi connectivity index (χ4n) is 3.82. The highest BCUT2D eigenvalue weighted by Gasteiger charge is 2.32. The lowest BCUT2D eigenvalue weighted by atomic mass is 10.0. The summed E-state index contributed by atoms with van der Waals surface area (Å²) in [4.78, 5) is 40.1. The third-order valence-electron chi connectivity index (χ3n) is 5.63. The Kier molecular flexibility index (Phi) is 6.26. The van der Waals surface area contributed by atoms with Gasteiger partial charge >= 0.3 is 5.69 Å². The summed E-state index contributed by atoms with van der Waals surface area (Å²) in [6.45, 7) is 5.49. The smallest absolute Gasteiger partial charge is 0.322 e. The normalized spacial score (nSPS) is 11.4. The highest BCUT2D eigenvalue weighted by molar-refractivity contribution is 7.21. The van der Waals surface area contributed by atoms with Crippen LogP contribution in [0.25, 0.3) is 21.3 Å². The Morgan fingerprint density at radius 2 is 1.97 bits per heavy atom. The van der Waals surface area contributed by atoms with Crippen molar-refractivity contribution < 1.29 is 23.3 Å². The molecule has 3 N–H and O–H groups in total. The number of thiophene rings is 1. The predicted octanol–water partition coefficient (Wildman–Crippen LogP) is 3.73. The SMILES string of the molecule is CCn1cc(-c2cc(C(F)F)nc3sc(C(N)=O)c(NC(=O)c4nn(C)c(C)c4[N+](=O)[O-])c23)c(C)n1. The molecule has 0 spiro atoms. The number of pyridine rings is 1. The third-order valence-corrected chi connectivity index (χ3v) is 6.73. The summed E-state index contributed by atoms with van der Waals surface area (Å²) in [5.74, 6) is -1.91. The van der Waals surface area contributed by atoms with Crippen LogP contribution < -0.4 is 11.1 Å². The minimum absolute atomic E-state index is 0.0299. The van der Waals surface area contributed by atoms with Crippen molar-refractivity contribution in [2.24, 2.45) is 12.8 Å². The second kappa shape index (κ2) is 9.07.